The van der Waals surface area contributed by atoms with E-state index in [2.05, 4.69) is 24.0 Å². The van der Waals surface area contributed by atoms with E-state index in [9.17, 15) is 5.11 Å². The van der Waals surface area contributed by atoms with Crippen LogP contribution in [0.5, 0.6) is 0 Å². The zero-order valence-electron chi connectivity index (χ0n) is 12.9. The van der Waals surface area contributed by atoms with Gasteiger partial charge in [-0.3, -0.25) is 9.58 Å². The predicted molar refractivity (Wildman–Crippen MR) is 80.3 cm³/mol. The van der Waals surface area contributed by atoms with Crippen molar-refractivity contribution in [3.63, 3.8) is 0 Å². The number of hydrogen-bond donors (Lipinski definition) is 2. The maximum Gasteiger partial charge on any atom is 0.0774 e. The normalized spacial score (nSPS) is 21.3. The summed E-state index contributed by atoms with van der Waals surface area (Å²) in [5.41, 5.74) is 6.91. The Morgan fingerprint density at radius 3 is 2.65 bits per heavy atom. The van der Waals surface area contributed by atoms with Gasteiger partial charge in [-0.15, -0.1) is 0 Å². The molecule has 2 atom stereocenters. The fraction of sp³-hybridized carbons (Fsp3) is 0.800. The highest BCUT2D eigenvalue weighted by molar-refractivity contribution is 5.13. The first kappa shape index (κ1) is 15.5. The van der Waals surface area contributed by atoms with Gasteiger partial charge < -0.3 is 10.8 Å². The fourth-order valence-electron chi connectivity index (χ4n) is 3.40. The molecular formula is C15H28N4O. The molecular weight excluding hydrogens is 252 g/mol. The molecule has 0 amide bonds. The highest BCUT2D eigenvalue weighted by Crippen LogP contribution is 2.33. The second kappa shape index (κ2) is 6.24. The van der Waals surface area contributed by atoms with Crippen molar-refractivity contribution in [3.8, 4) is 0 Å². The third-order valence-corrected chi connectivity index (χ3v) is 4.50. The van der Waals surface area contributed by atoms with E-state index in [0.29, 0.717) is 6.54 Å². The molecule has 1 aromatic heterocycles. The quantitative estimate of drug-likeness (QED) is 0.827. The van der Waals surface area contributed by atoms with Crippen molar-refractivity contribution in [2.45, 2.75) is 56.7 Å². The number of rotatable bonds is 6. The first-order valence-corrected chi connectivity index (χ1v) is 7.62. The molecule has 114 valence electrons. The molecule has 1 aliphatic carbocycles. The Kier molecular flexibility index (Phi) is 4.83. The van der Waals surface area contributed by atoms with Crippen LogP contribution in [-0.4, -0.2) is 45.0 Å². The number of nitrogens with two attached hydrogens (primary N) is 1. The third-order valence-electron chi connectivity index (χ3n) is 4.50. The molecule has 1 aliphatic rings. The largest absolute Gasteiger partial charge is 0.389 e. The van der Waals surface area contributed by atoms with Gasteiger partial charge in [0.2, 0.25) is 0 Å². The smallest absolute Gasteiger partial charge is 0.0774 e. The minimum atomic E-state index is -0.539. The molecule has 0 spiro atoms. The Morgan fingerprint density at radius 1 is 1.50 bits per heavy atom. The molecule has 2 rings (SSSR count). The number of nitrogens with zero attached hydrogens (tertiary/aromatic N) is 3. The zero-order valence-corrected chi connectivity index (χ0v) is 12.9. The molecule has 0 radical (unpaired) electrons. The van der Waals surface area contributed by atoms with Crippen molar-refractivity contribution in [2.75, 3.05) is 13.6 Å². The molecule has 3 N–H and O–H groups in total. The summed E-state index contributed by atoms with van der Waals surface area (Å²) in [7, 11) is 3.98. The fourth-order valence-corrected chi connectivity index (χ4v) is 3.40. The molecule has 0 aliphatic heterocycles. The summed E-state index contributed by atoms with van der Waals surface area (Å²) in [4.78, 5) is 2.20. The molecule has 5 heteroatoms. The Labute approximate surface area is 121 Å². The second-order valence-electron chi connectivity index (χ2n) is 6.31. The molecule has 0 saturated heterocycles. The van der Waals surface area contributed by atoms with Crippen molar-refractivity contribution < 1.29 is 5.11 Å². The lowest BCUT2D eigenvalue weighted by Gasteiger charge is -2.36. The van der Waals surface area contributed by atoms with E-state index >= 15 is 0 Å². The van der Waals surface area contributed by atoms with Crippen molar-refractivity contribution in [3.05, 3.63) is 18.0 Å². The number of aromatic nitrogens is 2. The number of aliphatic hydroxyl groups is 1. The van der Waals surface area contributed by atoms with E-state index in [4.69, 9.17) is 5.73 Å². The van der Waals surface area contributed by atoms with Gasteiger partial charge in [0.05, 0.1) is 17.8 Å². The standard InChI is InChI=1S/C15H28N4O/c1-4-13(16)14(12-9-17-19(3)10-12)18(2)11-15(20)7-5-6-8-15/h9-10,13-14,20H,4-8,11,16H2,1-3H3. The van der Waals surface area contributed by atoms with E-state index in [1.165, 1.54) is 0 Å². The van der Waals surface area contributed by atoms with Crippen LogP contribution >= 0.6 is 0 Å². The Hall–Kier alpha value is -0.910. The average molecular weight is 280 g/mol. The first-order valence-electron chi connectivity index (χ1n) is 7.62. The van der Waals surface area contributed by atoms with Crippen LogP contribution in [0, 0.1) is 0 Å². The van der Waals surface area contributed by atoms with E-state index < -0.39 is 5.60 Å². The van der Waals surface area contributed by atoms with Crippen LogP contribution in [0.25, 0.3) is 0 Å². The average Bonchev–Trinajstić information content (AvgIpc) is 2.99. The van der Waals surface area contributed by atoms with Crippen LogP contribution in [0.15, 0.2) is 12.4 Å². The van der Waals surface area contributed by atoms with Gasteiger partial charge in [0.15, 0.2) is 0 Å². The Morgan fingerprint density at radius 2 is 2.15 bits per heavy atom. The molecule has 2 unspecified atom stereocenters. The van der Waals surface area contributed by atoms with Crippen LogP contribution in [-0.2, 0) is 7.05 Å². The summed E-state index contributed by atoms with van der Waals surface area (Å²) in [6, 6.07) is 0.160. The van der Waals surface area contributed by atoms with E-state index in [0.717, 1.165) is 37.7 Å². The minimum absolute atomic E-state index is 0.0502. The zero-order chi connectivity index (χ0) is 14.8. The van der Waals surface area contributed by atoms with Crippen LogP contribution < -0.4 is 5.73 Å². The predicted octanol–water partition coefficient (Wildman–Crippen LogP) is 1.44. The molecule has 1 saturated carbocycles. The summed E-state index contributed by atoms with van der Waals surface area (Å²) in [5.74, 6) is 0. The summed E-state index contributed by atoms with van der Waals surface area (Å²) in [6.45, 7) is 2.78. The SMILES string of the molecule is CCC(N)C(c1cnn(C)c1)N(C)CC1(O)CCCC1. The summed E-state index contributed by atoms with van der Waals surface area (Å²) in [6.07, 6.45) is 8.87. The van der Waals surface area contributed by atoms with Gasteiger partial charge in [-0.25, -0.2) is 0 Å². The van der Waals surface area contributed by atoms with Crippen molar-refractivity contribution in [1.29, 1.82) is 0 Å². The van der Waals surface area contributed by atoms with Gasteiger partial charge in [0.1, 0.15) is 0 Å². The van der Waals surface area contributed by atoms with Gasteiger partial charge in [0, 0.05) is 31.4 Å². The monoisotopic (exact) mass is 280 g/mol. The Bertz CT molecular complexity index is 425. The van der Waals surface area contributed by atoms with Crippen LogP contribution in [0.2, 0.25) is 0 Å². The second-order valence-corrected chi connectivity index (χ2v) is 6.31. The third kappa shape index (κ3) is 3.40. The molecule has 1 fully saturated rings. The molecule has 1 heterocycles. The molecule has 1 aromatic rings. The van der Waals surface area contributed by atoms with Gasteiger partial charge in [0.25, 0.3) is 0 Å². The number of aryl methyl sites for hydroxylation is 1. The molecule has 0 aromatic carbocycles. The summed E-state index contributed by atoms with van der Waals surface area (Å²) >= 11 is 0. The van der Waals surface area contributed by atoms with Gasteiger partial charge >= 0.3 is 0 Å². The summed E-state index contributed by atoms with van der Waals surface area (Å²) in [5, 5.41) is 14.9. The molecule has 0 bridgehead atoms. The maximum absolute atomic E-state index is 10.6. The molecule has 5 nitrogen and oxygen atoms in total. The highest BCUT2D eigenvalue weighted by atomic mass is 16.3. The van der Waals surface area contributed by atoms with Crippen LogP contribution in [0.4, 0.5) is 0 Å². The van der Waals surface area contributed by atoms with Crippen LogP contribution in [0.1, 0.15) is 50.6 Å². The number of hydrogen-bond acceptors (Lipinski definition) is 4. The lowest BCUT2D eigenvalue weighted by atomic mass is 9.96. The minimum Gasteiger partial charge on any atom is -0.389 e. The van der Waals surface area contributed by atoms with E-state index in [1.807, 2.05) is 24.1 Å². The van der Waals surface area contributed by atoms with Crippen molar-refractivity contribution >= 4 is 0 Å². The van der Waals surface area contributed by atoms with Gasteiger partial charge in [-0.2, -0.15) is 5.10 Å². The highest BCUT2D eigenvalue weighted by Gasteiger charge is 2.35. The first-order chi connectivity index (χ1) is 9.45. The van der Waals surface area contributed by atoms with Crippen LogP contribution in [0.3, 0.4) is 0 Å². The lowest BCUT2D eigenvalue weighted by molar-refractivity contribution is 0.00164. The number of likely N-dealkylation sites (N-methyl/N-ethyl adjacent to an activating group) is 1. The van der Waals surface area contributed by atoms with Crippen molar-refractivity contribution in [1.82, 2.24) is 14.7 Å². The van der Waals surface area contributed by atoms with Gasteiger partial charge in [-0.05, 0) is 26.3 Å². The van der Waals surface area contributed by atoms with E-state index in [1.54, 1.807) is 0 Å². The topological polar surface area (TPSA) is 67.3 Å². The van der Waals surface area contributed by atoms with Gasteiger partial charge in [-0.1, -0.05) is 19.8 Å². The Balaban J connectivity index is 2.13. The lowest BCUT2D eigenvalue weighted by Crippen LogP contribution is -2.46. The maximum atomic E-state index is 10.6. The van der Waals surface area contributed by atoms with E-state index in [-0.39, 0.29) is 12.1 Å². The van der Waals surface area contributed by atoms with Crippen molar-refractivity contribution in [2.24, 2.45) is 12.8 Å². The molecule has 20 heavy (non-hydrogen) atoms. The summed E-state index contributed by atoms with van der Waals surface area (Å²) < 4.78 is 1.81.